The van der Waals surface area contributed by atoms with Gasteiger partial charge in [-0.05, 0) is 57.4 Å². The van der Waals surface area contributed by atoms with Crippen LogP contribution in [0.1, 0.15) is 42.6 Å². The number of aryl methyl sites for hydroxylation is 1. The summed E-state index contributed by atoms with van der Waals surface area (Å²) in [5, 5.41) is 0.677. The summed E-state index contributed by atoms with van der Waals surface area (Å²) in [7, 11) is -4.23. The Morgan fingerprint density at radius 3 is 2.68 bits per heavy atom. The van der Waals surface area contributed by atoms with Crippen molar-refractivity contribution in [3.63, 3.8) is 0 Å². The van der Waals surface area contributed by atoms with Crippen LogP contribution in [0.2, 0.25) is 0 Å². The lowest BCUT2D eigenvalue weighted by molar-refractivity contribution is 0.0997. The first-order chi connectivity index (χ1) is 17.5. The van der Waals surface area contributed by atoms with Crippen LogP contribution in [0.15, 0.2) is 58.6 Å². The predicted molar refractivity (Wildman–Crippen MR) is 142 cm³/mol. The van der Waals surface area contributed by atoms with Gasteiger partial charge in [0.1, 0.15) is 17.1 Å². The minimum Gasteiger partial charge on any atom is -0.439 e. The van der Waals surface area contributed by atoms with Gasteiger partial charge >= 0.3 is 0 Å². The molecule has 2 N–H and O–H groups in total. The number of hydrogen-bond donors (Lipinski definition) is 1. The quantitative estimate of drug-likeness (QED) is 0.373. The van der Waals surface area contributed by atoms with Crippen molar-refractivity contribution >= 4 is 43.1 Å². The molecular formula is C26H27N5O4S2. The molecule has 4 aromatic rings. The van der Waals surface area contributed by atoms with Crippen LogP contribution in [0.25, 0.3) is 10.2 Å². The van der Waals surface area contributed by atoms with E-state index in [4.69, 9.17) is 10.5 Å². The lowest BCUT2D eigenvalue weighted by Crippen LogP contribution is -2.40. The summed E-state index contributed by atoms with van der Waals surface area (Å²) in [6, 6.07) is 11.2. The van der Waals surface area contributed by atoms with Gasteiger partial charge < -0.3 is 15.4 Å². The van der Waals surface area contributed by atoms with Crippen LogP contribution in [-0.4, -0.2) is 41.4 Å². The number of sulfone groups is 1. The highest BCUT2D eigenvalue weighted by atomic mass is 32.2. The number of rotatable bonds is 6. The van der Waals surface area contributed by atoms with Crippen molar-refractivity contribution in [2.75, 3.05) is 11.4 Å². The molecule has 0 radical (unpaired) electrons. The van der Waals surface area contributed by atoms with Gasteiger partial charge in [-0.1, -0.05) is 13.0 Å². The molecule has 1 unspecified atom stereocenters. The zero-order valence-corrected chi connectivity index (χ0v) is 22.6. The van der Waals surface area contributed by atoms with Crippen LogP contribution in [0.4, 0.5) is 5.82 Å². The Labute approximate surface area is 219 Å². The smallest absolute Gasteiger partial charge is 0.253 e. The Morgan fingerprint density at radius 2 is 1.97 bits per heavy atom. The van der Waals surface area contributed by atoms with Crippen molar-refractivity contribution in [1.82, 2.24) is 15.0 Å². The van der Waals surface area contributed by atoms with Gasteiger partial charge in [-0.25, -0.2) is 23.4 Å². The van der Waals surface area contributed by atoms with E-state index in [0.29, 0.717) is 18.2 Å². The van der Waals surface area contributed by atoms with Crippen LogP contribution in [0, 0.1) is 12.8 Å². The highest BCUT2D eigenvalue weighted by Crippen LogP contribution is 2.39. The van der Waals surface area contributed by atoms with E-state index in [-0.39, 0.29) is 32.7 Å². The number of carbonyl (C=O) groups is 1. The number of nitrogens with zero attached hydrogens (tertiary/aromatic N) is 4. The Kier molecular flexibility index (Phi) is 6.15. The first kappa shape index (κ1) is 25.1. The molecule has 3 aromatic heterocycles. The lowest BCUT2D eigenvalue weighted by Gasteiger charge is -2.33. The molecule has 0 aliphatic carbocycles. The molecule has 5 rings (SSSR count). The number of fused-ring (bicyclic) bond motifs is 1. The molecular weight excluding hydrogens is 510 g/mol. The minimum absolute atomic E-state index is 0.0942. The number of carbonyl (C=O) groups excluding carboxylic acids is 1. The highest BCUT2D eigenvalue weighted by Gasteiger charge is 2.40. The third kappa shape index (κ3) is 4.64. The summed E-state index contributed by atoms with van der Waals surface area (Å²) in [6.45, 7) is 8.74. The first-order valence-corrected chi connectivity index (χ1v) is 14.1. The number of hydrogen-bond acceptors (Lipinski definition) is 9. The number of primary amides is 1. The van der Waals surface area contributed by atoms with Crippen LogP contribution in [0.3, 0.4) is 0 Å². The molecule has 37 heavy (non-hydrogen) atoms. The van der Waals surface area contributed by atoms with Gasteiger partial charge in [0.05, 0.1) is 20.1 Å². The van der Waals surface area contributed by atoms with Crippen LogP contribution in [0.5, 0.6) is 11.6 Å². The van der Waals surface area contributed by atoms with Crippen molar-refractivity contribution in [2.24, 2.45) is 11.7 Å². The molecule has 1 amide bonds. The maximum Gasteiger partial charge on any atom is 0.253 e. The summed E-state index contributed by atoms with van der Waals surface area (Å²) < 4.78 is 34.4. The Hall–Kier alpha value is -3.57. The van der Waals surface area contributed by atoms with E-state index in [1.165, 1.54) is 24.4 Å². The van der Waals surface area contributed by atoms with E-state index in [0.717, 1.165) is 21.6 Å². The van der Waals surface area contributed by atoms with Gasteiger partial charge in [0.25, 0.3) is 5.91 Å². The summed E-state index contributed by atoms with van der Waals surface area (Å²) >= 11 is 1.58. The fourth-order valence-corrected chi connectivity index (χ4v) is 7.18. The van der Waals surface area contributed by atoms with E-state index in [1.54, 1.807) is 29.5 Å². The van der Waals surface area contributed by atoms with Crippen LogP contribution >= 0.6 is 11.3 Å². The summed E-state index contributed by atoms with van der Waals surface area (Å²) in [5.41, 5.74) is 6.08. The van der Waals surface area contributed by atoms with Crippen molar-refractivity contribution in [2.45, 2.75) is 49.6 Å². The molecule has 1 aromatic carbocycles. The Balaban J connectivity index is 1.54. The molecule has 11 heteroatoms. The topological polar surface area (TPSA) is 128 Å². The standard InChI is InChI=1S/C26H27N5O4S2/c1-15-13-26(3,4)31(14-15)25-23(24(27)32)20(10-11-28-25)37(33,34)22-7-5-6-21(30-22)35-17-8-9-19-18(12-17)29-16(2)36-19/h5-12,15H,13-14H2,1-4H3,(H2,27,32). The van der Waals surface area contributed by atoms with Gasteiger partial charge in [-0.2, -0.15) is 0 Å². The summed E-state index contributed by atoms with van der Waals surface area (Å²) in [4.78, 5) is 27.5. The molecule has 192 valence electrons. The monoisotopic (exact) mass is 537 g/mol. The third-order valence-corrected chi connectivity index (χ3v) is 9.07. The SMILES string of the molecule is Cc1nc2cc(Oc3cccc(S(=O)(=O)c4ccnc(N5CC(C)CC5(C)C)c4C(N)=O)n3)ccc2s1. The molecule has 1 atom stereocenters. The molecule has 1 fully saturated rings. The Bertz CT molecular complexity index is 1630. The minimum atomic E-state index is -4.23. The second-order valence-corrected chi connectivity index (χ2v) is 13.0. The van der Waals surface area contributed by atoms with Gasteiger partial charge in [0.15, 0.2) is 5.03 Å². The number of pyridine rings is 2. The molecule has 9 nitrogen and oxygen atoms in total. The first-order valence-electron chi connectivity index (χ1n) is 11.8. The van der Waals surface area contributed by atoms with Gasteiger partial charge in [0.2, 0.25) is 15.7 Å². The molecule has 1 aliphatic heterocycles. The van der Waals surface area contributed by atoms with E-state index in [1.807, 2.05) is 31.7 Å². The number of aromatic nitrogens is 3. The van der Waals surface area contributed by atoms with Crippen LogP contribution in [-0.2, 0) is 9.84 Å². The van der Waals surface area contributed by atoms with E-state index in [2.05, 4.69) is 21.9 Å². The predicted octanol–water partition coefficient (Wildman–Crippen LogP) is 4.74. The number of nitrogens with two attached hydrogens (primary N) is 1. The van der Waals surface area contributed by atoms with Crippen molar-refractivity contribution in [3.8, 4) is 11.6 Å². The van der Waals surface area contributed by atoms with Crippen LogP contribution < -0.4 is 15.4 Å². The number of ether oxygens (including phenoxy) is 1. The van der Waals surface area contributed by atoms with Crippen molar-refractivity contribution < 1.29 is 17.9 Å². The molecule has 0 spiro atoms. The second-order valence-electron chi connectivity index (χ2n) is 9.89. The number of anilines is 1. The normalized spacial score (nSPS) is 17.3. The molecule has 4 heterocycles. The number of thiazole rings is 1. The number of benzene rings is 1. The highest BCUT2D eigenvalue weighted by molar-refractivity contribution is 7.91. The van der Waals surface area contributed by atoms with E-state index < -0.39 is 15.7 Å². The molecule has 1 saturated heterocycles. The van der Waals surface area contributed by atoms with E-state index >= 15 is 0 Å². The van der Waals surface area contributed by atoms with Crippen molar-refractivity contribution in [1.29, 1.82) is 0 Å². The van der Waals surface area contributed by atoms with Crippen molar-refractivity contribution in [3.05, 3.63) is 59.2 Å². The molecule has 0 bridgehead atoms. The van der Waals surface area contributed by atoms with E-state index in [9.17, 15) is 13.2 Å². The average Bonchev–Trinajstić information content (AvgIpc) is 3.34. The lowest BCUT2D eigenvalue weighted by atomic mass is 9.97. The second kappa shape index (κ2) is 9.07. The fraction of sp³-hybridized carbons (Fsp3) is 0.308. The summed E-state index contributed by atoms with van der Waals surface area (Å²) in [6.07, 6.45) is 2.26. The molecule has 0 saturated carbocycles. The van der Waals surface area contributed by atoms with Gasteiger partial charge in [-0.15, -0.1) is 11.3 Å². The maximum absolute atomic E-state index is 13.8. The maximum atomic E-state index is 13.8. The third-order valence-electron chi connectivity index (χ3n) is 6.42. The average molecular weight is 538 g/mol. The fourth-order valence-electron chi connectivity index (χ4n) is 4.98. The zero-order chi connectivity index (χ0) is 26.5. The van der Waals surface area contributed by atoms with Gasteiger partial charge in [0, 0.05) is 30.4 Å². The molecule has 1 aliphatic rings. The number of amides is 1. The van der Waals surface area contributed by atoms with Gasteiger partial charge in [-0.3, -0.25) is 4.79 Å². The zero-order valence-electron chi connectivity index (χ0n) is 20.9. The Morgan fingerprint density at radius 1 is 1.19 bits per heavy atom. The summed E-state index contributed by atoms with van der Waals surface area (Å²) in [5.74, 6) is 0.324. The largest absolute Gasteiger partial charge is 0.439 e.